The van der Waals surface area contributed by atoms with Crippen molar-refractivity contribution in [1.82, 2.24) is 4.90 Å². The Bertz CT molecular complexity index is 1140. The number of carbonyl (C=O) groups excluding carboxylic acids is 1. The summed E-state index contributed by atoms with van der Waals surface area (Å²) in [6.07, 6.45) is 1.82. The van der Waals surface area contributed by atoms with E-state index in [1.807, 2.05) is 0 Å². The second kappa shape index (κ2) is 9.60. The van der Waals surface area contributed by atoms with Gasteiger partial charge in [0.25, 0.3) is 5.91 Å². The lowest BCUT2D eigenvalue weighted by molar-refractivity contribution is -0.145. The Hall–Kier alpha value is -2.77. The van der Waals surface area contributed by atoms with Gasteiger partial charge in [-0.3, -0.25) is 9.59 Å². The summed E-state index contributed by atoms with van der Waals surface area (Å²) in [5.41, 5.74) is -0.465. The third-order valence-corrected chi connectivity index (χ3v) is 8.33. The van der Waals surface area contributed by atoms with Gasteiger partial charge in [0.15, 0.2) is 0 Å². The van der Waals surface area contributed by atoms with E-state index in [1.165, 1.54) is 24.3 Å². The largest absolute Gasteiger partial charge is 0.490 e. The quantitative estimate of drug-likeness (QED) is 0.506. The van der Waals surface area contributed by atoms with Gasteiger partial charge < -0.3 is 14.7 Å². The number of carbonyl (C=O) groups is 2. The predicted molar refractivity (Wildman–Crippen MR) is 129 cm³/mol. The Morgan fingerprint density at radius 3 is 2.25 bits per heavy atom. The minimum absolute atomic E-state index is 0.0190. The van der Waals surface area contributed by atoms with Crippen LogP contribution in [0.2, 0.25) is 0 Å². The second-order valence-corrected chi connectivity index (χ2v) is 10.8. The number of carboxylic acid groups (broad SMARTS) is 1. The number of amides is 1. The van der Waals surface area contributed by atoms with Crippen molar-refractivity contribution in [1.29, 1.82) is 0 Å². The highest BCUT2D eigenvalue weighted by atomic mass is 19.4. The molecule has 2 atom stereocenters. The lowest BCUT2D eigenvalue weighted by Gasteiger charge is -2.48. The SMILES string of the molecule is CC1CCC(Oc2ccc3cc(C(=O)N4C5CCCC4CC(C(=O)O)C5)ccc3c2C(F)(F)F)CC1. The molecule has 2 heterocycles. The fourth-order valence-electron chi connectivity index (χ4n) is 6.42. The number of nitrogens with zero attached hydrogens (tertiary/aromatic N) is 1. The molecule has 36 heavy (non-hydrogen) atoms. The van der Waals surface area contributed by atoms with Crippen LogP contribution in [0.15, 0.2) is 30.3 Å². The van der Waals surface area contributed by atoms with Gasteiger partial charge in [-0.1, -0.05) is 19.1 Å². The minimum atomic E-state index is -4.60. The van der Waals surface area contributed by atoms with Gasteiger partial charge in [0.1, 0.15) is 11.3 Å². The first-order valence-electron chi connectivity index (χ1n) is 13.0. The molecular weight excluding hydrogens is 471 g/mol. The molecule has 3 aliphatic rings. The van der Waals surface area contributed by atoms with E-state index in [1.54, 1.807) is 11.0 Å². The number of piperidine rings is 2. The van der Waals surface area contributed by atoms with Gasteiger partial charge in [-0.25, -0.2) is 0 Å². The summed E-state index contributed by atoms with van der Waals surface area (Å²) in [6, 6.07) is 7.04. The zero-order chi connectivity index (χ0) is 25.6. The molecule has 2 bridgehead atoms. The highest BCUT2D eigenvalue weighted by molar-refractivity contribution is 6.00. The van der Waals surface area contributed by atoms with E-state index >= 15 is 0 Å². The van der Waals surface area contributed by atoms with Crippen LogP contribution in [0.25, 0.3) is 10.8 Å². The van der Waals surface area contributed by atoms with Crippen molar-refractivity contribution >= 4 is 22.6 Å². The third kappa shape index (κ3) is 4.78. The number of halogens is 3. The summed E-state index contributed by atoms with van der Waals surface area (Å²) in [4.78, 5) is 26.8. The van der Waals surface area contributed by atoms with Gasteiger partial charge >= 0.3 is 12.1 Å². The van der Waals surface area contributed by atoms with Crippen LogP contribution >= 0.6 is 0 Å². The molecule has 1 saturated carbocycles. The number of alkyl halides is 3. The number of rotatable bonds is 4. The first kappa shape index (κ1) is 24.9. The zero-order valence-electron chi connectivity index (χ0n) is 20.4. The molecule has 3 fully saturated rings. The predicted octanol–water partition coefficient (Wildman–Crippen LogP) is 6.67. The zero-order valence-corrected chi connectivity index (χ0v) is 20.4. The van der Waals surface area contributed by atoms with E-state index < -0.39 is 23.6 Å². The topological polar surface area (TPSA) is 66.8 Å². The lowest BCUT2D eigenvalue weighted by atomic mass is 9.78. The fraction of sp³-hybridized carbons (Fsp3) is 0.571. The van der Waals surface area contributed by atoms with Gasteiger partial charge in [0.05, 0.1) is 12.0 Å². The number of benzene rings is 2. The van der Waals surface area contributed by atoms with Crippen molar-refractivity contribution in [2.24, 2.45) is 11.8 Å². The van der Waals surface area contributed by atoms with Crippen LogP contribution in [0.5, 0.6) is 5.75 Å². The molecule has 8 heteroatoms. The highest BCUT2D eigenvalue weighted by Gasteiger charge is 2.43. The van der Waals surface area contributed by atoms with E-state index in [4.69, 9.17) is 4.74 Å². The van der Waals surface area contributed by atoms with E-state index in [-0.39, 0.29) is 35.2 Å². The van der Waals surface area contributed by atoms with Gasteiger partial charge in [0, 0.05) is 17.6 Å². The van der Waals surface area contributed by atoms with E-state index in [0.29, 0.717) is 29.7 Å². The van der Waals surface area contributed by atoms with Gasteiger partial charge in [-0.2, -0.15) is 13.2 Å². The monoisotopic (exact) mass is 503 g/mol. The van der Waals surface area contributed by atoms with Crippen LogP contribution in [-0.2, 0) is 11.0 Å². The minimum Gasteiger partial charge on any atom is -0.490 e. The summed E-state index contributed by atoms with van der Waals surface area (Å²) in [5, 5.41) is 9.83. The summed E-state index contributed by atoms with van der Waals surface area (Å²) in [7, 11) is 0. The van der Waals surface area contributed by atoms with E-state index in [0.717, 1.165) is 44.9 Å². The molecular formula is C28H32F3NO4. The average Bonchev–Trinajstić information content (AvgIpc) is 2.83. The van der Waals surface area contributed by atoms with Crippen molar-refractivity contribution in [3.05, 3.63) is 41.5 Å². The Morgan fingerprint density at radius 2 is 1.64 bits per heavy atom. The van der Waals surface area contributed by atoms with E-state index in [9.17, 15) is 27.9 Å². The molecule has 0 spiro atoms. The first-order valence-corrected chi connectivity index (χ1v) is 13.0. The van der Waals surface area contributed by atoms with Crippen LogP contribution in [-0.4, -0.2) is 40.1 Å². The molecule has 5 rings (SSSR count). The summed E-state index contributed by atoms with van der Waals surface area (Å²) < 4.78 is 48.5. The summed E-state index contributed by atoms with van der Waals surface area (Å²) >= 11 is 0. The third-order valence-electron chi connectivity index (χ3n) is 8.33. The number of hydrogen-bond acceptors (Lipinski definition) is 3. The molecule has 1 N–H and O–H groups in total. The molecule has 2 aliphatic heterocycles. The van der Waals surface area contributed by atoms with Crippen LogP contribution in [0.3, 0.4) is 0 Å². The number of ether oxygens (including phenoxy) is 1. The fourth-order valence-corrected chi connectivity index (χ4v) is 6.42. The Labute approximate surface area is 208 Å². The molecule has 1 aliphatic carbocycles. The van der Waals surface area contributed by atoms with Crippen molar-refractivity contribution in [2.75, 3.05) is 0 Å². The van der Waals surface area contributed by atoms with Crippen molar-refractivity contribution in [3.8, 4) is 5.75 Å². The maximum atomic E-state index is 14.2. The number of aliphatic carboxylic acids is 1. The highest BCUT2D eigenvalue weighted by Crippen LogP contribution is 2.43. The van der Waals surface area contributed by atoms with Crippen molar-refractivity contribution < 1.29 is 32.6 Å². The molecule has 5 nitrogen and oxygen atoms in total. The van der Waals surface area contributed by atoms with Crippen LogP contribution < -0.4 is 4.74 Å². The first-order chi connectivity index (χ1) is 17.1. The molecule has 2 saturated heterocycles. The maximum absolute atomic E-state index is 14.2. The maximum Gasteiger partial charge on any atom is 0.420 e. The molecule has 2 aromatic carbocycles. The van der Waals surface area contributed by atoms with Crippen molar-refractivity contribution in [2.45, 2.75) is 89.1 Å². The average molecular weight is 504 g/mol. The number of carboxylic acids is 1. The molecule has 0 radical (unpaired) electrons. The molecule has 1 amide bonds. The van der Waals surface area contributed by atoms with Crippen molar-refractivity contribution in [3.63, 3.8) is 0 Å². The molecule has 0 aromatic heterocycles. The standard InChI is InChI=1S/C28H32F3NO4/c1-16-5-9-22(10-6-16)36-24-12-8-17-13-18(7-11-23(17)25(24)28(29,30)31)26(33)32-20-3-2-4-21(32)15-19(14-20)27(34)35/h7-8,11-13,16,19-22H,2-6,9-10,14-15H2,1H3,(H,34,35). The molecule has 2 unspecified atom stereocenters. The van der Waals surface area contributed by atoms with E-state index in [2.05, 4.69) is 6.92 Å². The van der Waals surface area contributed by atoms with Crippen LogP contribution in [0.1, 0.15) is 80.6 Å². The Kier molecular flexibility index (Phi) is 6.64. The molecule has 2 aromatic rings. The smallest absolute Gasteiger partial charge is 0.420 e. The Morgan fingerprint density at radius 1 is 0.972 bits per heavy atom. The van der Waals surface area contributed by atoms with Gasteiger partial charge in [0.2, 0.25) is 0 Å². The van der Waals surface area contributed by atoms with Crippen LogP contribution in [0, 0.1) is 11.8 Å². The summed E-state index contributed by atoms with van der Waals surface area (Å²) in [6.45, 7) is 2.15. The normalized spacial score (nSPS) is 28.7. The number of fused-ring (bicyclic) bond motifs is 3. The second-order valence-electron chi connectivity index (χ2n) is 10.8. The van der Waals surface area contributed by atoms with Gasteiger partial charge in [-0.15, -0.1) is 0 Å². The van der Waals surface area contributed by atoms with Crippen LogP contribution in [0.4, 0.5) is 13.2 Å². The molecule has 194 valence electrons. The number of hydrogen-bond donors (Lipinski definition) is 1. The van der Waals surface area contributed by atoms with Gasteiger partial charge in [-0.05, 0) is 92.7 Å². The lowest BCUT2D eigenvalue weighted by Crippen LogP contribution is -2.55. The summed E-state index contributed by atoms with van der Waals surface area (Å²) in [5.74, 6) is -1.11. The Balaban J connectivity index is 1.44.